The minimum absolute atomic E-state index is 0.171. The quantitative estimate of drug-likeness (QED) is 0.721. The lowest BCUT2D eigenvalue weighted by molar-refractivity contribution is 0.113. The van der Waals surface area contributed by atoms with Crippen molar-refractivity contribution in [2.45, 2.75) is 24.4 Å². The minimum Gasteiger partial charge on any atom is -0.426 e. The van der Waals surface area contributed by atoms with Crippen LogP contribution in [0, 0.1) is 0 Å². The summed E-state index contributed by atoms with van der Waals surface area (Å²) in [6.45, 7) is -0.343. The van der Waals surface area contributed by atoms with Crippen molar-refractivity contribution in [1.29, 1.82) is 0 Å². The lowest BCUT2D eigenvalue weighted by Gasteiger charge is -2.27. The van der Waals surface area contributed by atoms with Gasteiger partial charge in [0.25, 0.3) is 0 Å². The molecule has 0 aliphatic carbocycles. The van der Waals surface area contributed by atoms with Crippen LogP contribution in [0.15, 0.2) is 0 Å². The highest BCUT2D eigenvalue weighted by molar-refractivity contribution is 8.13. The topological polar surface area (TPSA) is 82.4 Å². The van der Waals surface area contributed by atoms with Crippen LogP contribution in [-0.4, -0.2) is 27.3 Å². The van der Waals surface area contributed by atoms with Gasteiger partial charge >= 0.3 is 10.5 Å². The molecule has 0 aromatic rings. The Morgan fingerprint density at radius 2 is 1.00 bits per heavy atom. The lowest BCUT2D eigenvalue weighted by atomic mass is 10.9. The molecule has 5 nitrogen and oxygen atoms in total. The van der Waals surface area contributed by atoms with Gasteiger partial charge in [-0.05, 0) is 0 Å². The molecule has 15 heavy (non-hydrogen) atoms. The Bertz CT molecular complexity index is 386. The third-order valence-corrected chi connectivity index (χ3v) is 4.48. The molecular formula is C4H6F4NO4S2-. The van der Waals surface area contributed by atoms with Crippen molar-refractivity contribution in [3.05, 3.63) is 4.13 Å². The van der Waals surface area contributed by atoms with Crippen molar-refractivity contribution in [3.8, 4) is 0 Å². The van der Waals surface area contributed by atoms with Gasteiger partial charge in [-0.25, -0.2) is 16.8 Å². The maximum atomic E-state index is 12.2. The van der Waals surface area contributed by atoms with E-state index in [2.05, 4.69) is 0 Å². The Balaban J connectivity index is 5.28. The molecule has 92 valence electrons. The van der Waals surface area contributed by atoms with E-state index in [0.29, 0.717) is 0 Å². The van der Waals surface area contributed by atoms with Crippen molar-refractivity contribution >= 4 is 20.0 Å². The first-order valence-corrected chi connectivity index (χ1v) is 6.08. The maximum absolute atomic E-state index is 12.2. The third kappa shape index (κ3) is 3.28. The zero-order valence-electron chi connectivity index (χ0n) is 7.41. The van der Waals surface area contributed by atoms with Gasteiger partial charge in [0.2, 0.25) is 0 Å². The zero-order chi connectivity index (χ0) is 12.7. The standard InChI is InChI=1S/C4H6F4NO4S2/c1-3(5,6)14(10,11)9-15(12,13)4(2,7)8/h1-2H3/q-1. The van der Waals surface area contributed by atoms with Crippen molar-refractivity contribution in [1.82, 2.24) is 0 Å². The summed E-state index contributed by atoms with van der Waals surface area (Å²) in [6.07, 6.45) is 0. The first kappa shape index (κ1) is 14.6. The fourth-order valence-corrected chi connectivity index (χ4v) is 2.34. The summed E-state index contributed by atoms with van der Waals surface area (Å²) in [5.74, 6) is 0. The van der Waals surface area contributed by atoms with E-state index in [1.54, 1.807) is 0 Å². The molecule has 0 aromatic heterocycles. The van der Waals surface area contributed by atoms with Gasteiger partial charge < -0.3 is 4.13 Å². The second-order valence-electron chi connectivity index (χ2n) is 2.64. The average Bonchev–Trinajstić information content (AvgIpc) is 1.77. The van der Waals surface area contributed by atoms with E-state index in [-0.39, 0.29) is 13.8 Å². The molecule has 0 rings (SSSR count). The number of hydrogen-bond acceptors (Lipinski definition) is 4. The fraction of sp³-hybridized carbons (Fsp3) is 1.00. The molecule has 0 spiro atoms. The summed E-state index contributed by atoms with van der Waals surface area (Å²) < 4.78 is 92.4. The second kappa shape index (κ2) is 3.56. The Labute approximate surface area is 83.6 Å². The van der Waals surface area contributed by atoms with E-state index < -0.39 is 30.6 Å². The monoisotopic (exact) mass is 272 g/mol. The van der Waals surface area contributed by atoms with E-state index in [1.807, 2.05) is 0 Å². The molecule has 0 radical (unpaired) electrons. The molecule has 0 unspecified atom stereocenters. The Kier molecular flexibility index (Phi) is 3.46. The van der Waals surface area contributed by atoms with Gasteiger partial charge in [0.1, 0.15) is 20.0 Å². The predicted octanol–water partition coefficient (Wildman–Crippen LogP) is 1.25. The van der Waals surface area contributed by atoms with Crippen LogP contribution in [0.2, 0.25) is 0 Å². The summed E-state index contributed by atoms with van der Waals surface area (Å²) >= 11 is 0. The predicted molar refractivity (Wildman–Crippen MR) is 42.4 cm³/mol. The number of alkyl halides is 4. The Morgan fingerprint density at radius 1 is 0.800 bits per heavy atom. The maximum Gasteiger partial charge on any atom is 0.327 e. The fourth-order valence-electron chi connectivity index (χ4n) is 0.260. The van der Waals surface area contributed by atoms with Gasteiger partial charge in [-0.2, -0.15) is 17.6 Å². The van der Waals surface area contributed by atoms with Gasteiger partial charge in [0.15, 0.2) is 0 Å². The molecule has 0 heterocycles. The summed E-state index contributed by atoms with van der Waals surface area (Å²) in [5.41, 5.74) is 0. The minimum atomic E-state index is -5.81. The summed E-state index contributed by atoms with van der Waals surface area (Å²) in [6, 6.07) is 0. The highest BCUT2D eigenvalue weighted by Gasteiger charge is 2.40. The molecule has 0 N–H and O–H groups in total. The molecule has 0 aliphatic rings. The molecule has 0 fully saturated rings. The van der Waals surface area contributed by atoms with Crippen LogP contribution in [0.4, 0.5) is 17.6 Å². The van der Waals surface area contributed by atoms with Crippen LogP contribution < -0.4 is 0 Å². The molecule has 0 atom stereocenters. The molecule has 0 amide bonds. The van der Waals surface area contributed by atoms with E-state index in [1.165, 1.54) is 4.13 Å². The number of halogens is 4. The number of nitrogens with zero attached hydrogens (tertiary/aromatic N) is 1. The van der Waals surface area contributed by atoms with Crippen molar-refractivity contribution < 1.29 is 34.4 Å². The largest absolute Gasteiger partial charge is 0.426 e. The van der Waals surface area contributed by atoms with E-state index >= 15 is 0 Å². The second-order valence-corrected chi connectivity index (χ2v) is 6.57. The SMILES string of the molecule is CC(F)(F)S(=O)(=O)[N-]S(=O)(=O)C(C)(F)F. The van der Waals surface area contributed by atoms with Crippen LogP contribution in [0.3, 0.4) is 0 Å². The molecule has 0 bridgehead atoms. The van der Waals surface area contributed by atoms with Crippen LogP contribution in [0.25, 0.3) is 4.13 Å². The van der Waals surface area contributed by atoms with Crippen molar-refractivity contribution in [3.63, 3.8) is 0 Å². The summed E-state index contributed by atoms with van der Waals surface area (Å²) in [5, 5.41) is -9.07. The van der Waals surface area contributed by atoms with Crippen LogP contribution in [-0.2, 0) is 20.0 Å². The van der Waals surface area contributed by atoms with Crippen molar-refractivity contribution in [2.24, 2.45) is 0 Å². The number of hydrogen-bond donors (Lipinski definition) is 0. The van der Waals surface area contributed by atoms with E-state index in [4.69, 9.17) is 0 Å². The van der Waals surface area contributed by atoms with Crippen LogP contribution in [0.5, 0.6) is 0 Å². The Hall–Kier alpha value is -0.420. The zero-order valence-corrected chi connectivity index (χ0v) is 9.04. The number of rotatable bonds is 4. The van der Waals surface area contributed by atoms with E-state index in [0.717, 1.165) is 0 Å². The molecule has 0 saturated heterocycles. The smallest absolute Gasteiger partial charge is 0.327 e. The van der Waals surface area contributed by atoms with E-state index in [9.17, 15) is 34.4 Å². The normalized spacial score (nSPS) is 15.3. The van der Waals surface area contributed by atoms with Gasteiger partial charge in [-0.1, -0.05) is 0 Å². The molecule has 11 heteroatoms. The summed E-state index contributed by atoms with van der Waals surface area (Å²) in [4.78, 5) is 0. The highest BCUT2D eigenvalue weighted by atomic mass is 32.3. The molecular weight excluding hydrogens is 266 g/mol. The average molecular weight is 272 g/mol. The van der Waals surface area contributed by atoms with Gasteiger partial charge in [0.05, 0.1) is 0 Å². The first-order chi connectivity index (χ1) is 6.21. The van der Waals surface area contributed by atoms with Gasteiger partial charge in [0, 0.05) is 13.8 Å². The first-order valence-electron chi connectivity index (χ1n) is 3.20. The van der Waals surface area contributed by atoms with Crippen LogP contribution >= 0.6 is 0 Å². The summed E-state index contributed by atoms with van der Waals surface area (Å²) in [7, 11) is -11.6. The highest BCUT2D eigenvalue weighted by Crippen LogP contribution is 2.34. The van der Waals surface area contributed by atoms with Crippen LogP contribution in [0.1, 0.15) is 13.8 Å². The molecule has 0 saturated carbocycles. The lowest BCUT2D eigenvalue weighted by Crippen LogP contribution is -2.31. The van der Waals surface area contributed by atoms with Gasteiger partial charge in [-0.15, -0.1) is 0 Å². The van der Waals surface area contributed by atoms with Crippen molar-refractivity contribution in [2.75, 3.05) is 0 Å². The third-order valence-electron chi connectivity index (χ3n) is 1.10. The molecule has 0 aromatic carbocycles. The Morgan fingerprint density at radius 3 is 1.13 bits per heavy atom. The number of sulfonamides is 2. The molecule has 0 aliphatic heterocycles. The van der Waals surface area contributed by atoms with Gasteiger partial charge in [-0.3, -0.25) is 0 Å².